The lowest BCUT2D eigenvalue weighted by Crippen LogP contribution is -2.39. The number of nitrogens with zero attached hydrogens (tertiary/aromatic N) is 2. The summed E-state index contributed by atoms with van der Waals surface area (Å²) in [6.45, 7) is 0.574. The van der Waals surface area contributed by atoms with E-state index in [0.717, 1.165) is 11.3 Å². The summed E-state index contributed by atoms with van der Waals surface area (Å²) in [4.78, 5) is 31.5. The molecule has 4 rings (SSSR count). The quantitative estimate of drug-likeness (QED) is 0.415. The monoisotopic (exact) mass is 530 g/mol. The molecule has 0 bridgehead atoms. The lowest BCUT2D eigenvalue weighted by molar-refractivity contribution is -0.139. The number of rotatable bonds is 8. The van der Waals surface area contributed by atoms with E-state index in [2.05, 4.69) is 9.73 Å². The molecule has 1 atom stereocenters. The van der Waals surface area contributed by atoms with Crippen molar-refractivity contribution in [2.45, 2.75) is 26.5 Å². The average molecular weight is 531 g/mol. The van der Waals surface area contributed by atoms with Crippen LogP contribution >= 0.6 is 11.3 Å². The number of fused-ring (bicyclic) bond motifs is 1. The summed E-state index contributed by atoms with van der Waals surface area (Å²) in [5.41, 5.74) is 1.56. The number of halogens is 2. The maximum absolute atomic E-state index is 13.7. The third-order valence-electron chi connectivity index (χ3n) is 5.65. The van der Waals surface area contributed by atoms with Gasteiger partial charge in [0.15, 0.2) is 16.3 Å². The number of ether oxygens (including phenoxy) is 4. The van der Waals surface area contributed by atoms with E-state index < -0.39 is 18.6 Å². The van der Waals surface area contributed by atoms with Crippen molar-refractivity contribution in [1.82, 2.24) is 4.57 Å². The van der Waals surface area contributed by atoms with Gasteiger partial charge >= 0.3 is 12.6 Å². The van der Waals surface area contributed by atoms with E-state index in [0.29, 0.717) is 31.9 Å². The van der Waals surface area contributed by atoms with Crippen LogP contribution in [0.1, 0.15) is 31.0 Å². The van der Waals surface area contributed by atoms with Crippen molar-refractivity contribution in [3.05, 3.63) is 84.5 Å². The fourth-order valence-corrected chi connectivity index (χ4v) is 5.06. The van der Waals surface area contributed by atoms with Crippen molar-refractivity contribution in [3.8, 4) is 17.2 Å². The Balaban J connectivity index is 1.87. The van der Waals surface area contributed by atoms with Gasteiger partial charge in [0.25, 0.3) is 5.56 Å². The smallest absolute Gasteiger partial charge is 0.387 e. The Morgan fingerprint density at radius 2 is 1.86 bits per heavy atom. The number of esters is 1. The van der Waals surface area contributed by atoms with Gasteiger partial charge in [-0.3, -0.25) is 9.36 Å². The number of carbonyl (C=O) groups is 1. The van der Waals surface area contributed by atoms with Crippen LogP contribution in [0.25, 0.3) is 6.08 Å². The largest absolute Gasteiger partial charge is 0.497 e. The van der Waals surface area contributed by atoms with Gasteiger partial charge in [-0.2, -0.15) is 8.78 Å². The van der Waals surface area contributed by atoms with Gasteiger partial charge in [0.1, 0.15) is 5.75 Å². The first-order valence-corrected chi connectivity index (χ1v) is 12.1. The van der Waals surface area contributed by atoms with Crippen LogP contribution in [0.2, 0.25) is 0 Å². The molecule has 37 heavy (non-hydrogen) atoms. The second kappa shape index (κ2) is 11.0. The summed E-state index contributed by atoms with van der Waals surface area (Å²) in [5, 5.41) is 0. The Morgan fingerprint density at radius 1 is 1.14 bits per heavy atom. The van der Waals surface area contributed by atoms with Crippen molar-refractivity contribution >= 4 is 23.4 Å². The Labute approximate surface area is 214 Å². The highest BCUT2D eigenvalue weighted by Crippen LogP contribution is 2.32. The molecular weight excluding hydrogens is 506 g/mol. The van der Waals surface area contributed by atoms with Gasteiger partial charge in [0.2, 0.25) is 0 Å². The molecule has 1 aromatic heterocycles. The standard InChI is InChI=1S/C26H24F2N2O6S/c1-5-35-24(32)21-14(2)29-26-30(22(21)16-7-9-17(33-3)10-8-16)23(31)20(37-26)13-15-6-11-18(36-25(27)28)19(12-15)34-4/h6-13,22,25H,5H2,1-4H3. The first-order valence-electron chi connectivity index (χ1n) is 11.2. The fourth-order valence-electron chi connectivity index (χ4n) is 4.01. The number of benzene rings is 2. The molecule has 8 nitrogen and oxygen atoms in total. The third kappa shape index (κ3) is 5.26. The zero-order valence-corrected chi connectivity index (χ0v) is 21.3. The minimum Gasteiger partial charge on any atom is -0.497 e. The highest BCUT2D eigenvalue weighted by atomic mass is 32.1. The number of thiazole rings is 1. The van der Waals surface area contributed by atoms with Gasteiger partial charge in [-0.05, 0) is 55.3 Å². The number of carbonyl (C=O) groups excluding carboxylic acids is 1. The molecule has 11 heteroatoms. The highest BCUT2D eigenvalue weighted by molar-refractivity contribution is 7.07. The van der Waals surface area contributed by atoms with E-state index in [9.17, 15) is 18.4 Å². The summed E-state index contributed by atoms with van der Waals surface area (Å²) in [6.07, 6.45) is 1.60. The summed E-state index contributed by atoms with van der Waals surface area (Å²) in [6, 6.07) is 10.7. The number of aromatic nitrogens is 1. The Morgan fingerprint density at radius 3 is 2.49 bits per heavy atom. The third-order valence-corrected chi connectivity index (χ3v) is 6.63. The zero-order valence-electron chi connectivity index (χ0n) is 20.5. The van der Waals surface area contributed by atoms with Gasteiger partial charge in [-0.15, -0.1) is 0 Å². The summed E-state index contributed by atoms with van der Waals surface area (Å²) < 4.78 is 47.3. The summed E-state index contributed by atoms with van der Waals surface area (Å²) >= 11 is 1.15. The van der Waals surface area contributed by atoms with Crippen LogP contribution in [-0.2, 0) is 9.53 Å². The van der Waals surface area contributed by atoms with Crippen LogP contribution in [-0.4, -0.2) is 38.0 Å². The Kier molecular flexibility index (Phi) is 7.72. The second-order valence-electron chi connectivity index (χ2n) is 7.86. The van der Waals surface area contributed by atoms with E-state index in [1.54, 1.807) is 51.3 Å². The van der Waals surface area contributed by atoms with Crippen molar-refractivity contribution < 1.29 is 32.5 Å². The number of hydrogen-bond acceptors (Lipinski definition) is 8. The number of hydrogen-bond donors (Lipinski definition) is 0. The van der Waals surface area contributed by atoms with E-state index in [1.807, 2.05) is 0 Å². The van der Waals surface area contributed by atoms with E-state index in [-0.39, 0.29) is 29.2 Å². The lowest BCUT2D eigenvalue weighted by Gasteiger charge is -2.24. The lowest BCUT2D eigenvalue weighted by atomic mass is 9.96. The highest BCUT2D eigenvalue weighted by Gasteiger charge is 2.33. The molecule has 0 radical (unpaired) electrons. The van der Waals surface area contributed by atoms with Gasteiger partial charge in [-0.1, -0.05) is 29.5 Å². The SMILES string of the molecule is CCOC(=O)C1=C(C)N=c2sc(=Cc3ccc(OC(F)F)c(OC)c3)c(=O)n2C1c1ccc(OC)cc1. The molecule has 2 aromatic carbocycles. The van der Waals surface area contributed by atoms with Crippen LogP contribution in [0.5, 0.6) is 17.2 Å². The number of alkyl halides is 2. The van der Waals surface area contributed by atoms with Gasteiger partial charge in [0, 0.05) is 0 Å². The molecule has 0 saturated heterocycles. The Bertz CT molecular complexity index is 1530. The van der Waals surface area contributed by atoms with E-state index >= 15 is 0 Å². The first kappa shape index (κ1) is 26.1. The molecule has 1 aliphatic rings. The van der Waals surface area contributed by atoms with Crippen LogP contribution < -0.4 is 29.1 Å². The minimum absolute atomic E-state index is 0.0957. The Hall–Kier alpha value is -3.99. The number of allylic oxidation sites excluding steroid dienone is 1. The van der Waals surface area contributed by atoms with Crippen LogP contribution in [0.4, 0.5) is 8.78 Å². The zero-order chi connectivity index (χ0) is 26.7. The molecule has 0 amide bonds. The first-order chi connectivity index (χ1) is 17.8. The molecule has 194 valence electrons. The fraction of sp³-hybridized carbons (Fsp3) is 0.269. The average Bonchev–Trinajstić information content (AvgIpc) is 3.18. The number of methoxy groups -OCH3 is 2. The van der Waals surface area contributed by atoms with E-state index in [1.165, 1.54) is 29.9 Å². The van der Waals surface area contributed by atoms with Crippen LogP contribution in [0.3, 0.4) is 0 Å². The predicted molar refractivity (Wildman–Crippen MR) is 133 cm³/mol. The van der Waals surface area contributed by atoms with Gasteiger partial charge in [-0.25, -0.2) is 9.79 Å². The molecular formula is C26H24F2N2O6S. The summed E-state index contributed by atoms with van der Waals surface area (Å²) in [7, 11) is 2.88. The molecule has 0 spiro atoms. The normalized spacial score (nSPS) is 15.3. The maximum atomic E-state index is 13.7. The molecule has 0 N–H and O–H groups in total. The van der Waals surface area contributed by atoms with Gasteiger partial charge in [0.05, 0.1) is 42.7 Å². The van der Waals surface area contributed by atoms with Crippen molar-refractivity contribution in [2.75, 3.05) is 20.8 Å². The molecule has 1 unspecified atom stereocenters. The maximum Gasteiger partial charge on any atom is 0.387 e. The van der Waals surface area contributed by atoms with Crippen molar-refractivity contribution in [2.24, 2.45) is 4.99 Å². The predicted octanol–water partition coefficient (Wildman–Crippen LogP) is 3.42. The summed E-state index contributed by atoms with van der Waals surface area (Å²) in [5.74, 6) is 0.0460. The molecule has 2 heterocycles. The topological polar surface area (TPSA) is 88.4 Å². The van der Waals surface area contributed by atoms with Gasteiger partial charge < -0.3 is 18.9 Å². The minimum atomic E-state index is -3.00. The molecule has 1 aliphatic heterocycles. The molecule has 3 aromatic rings. The second-order valence-corrected chi connectivity index (χ2v) is 8.87. The van der Waals surface area contributed by atoms with E-state index in [4.69, 9.17) is 14.2 Å². The van der Waals surface area contributed by atoms with Crippen LogP contribution in [0.15, 0.2) is 63.5 Å². The van der Waals surface area contributed by atoms with Crippen molar-refractivity contribution in [1.29, 1.82) is 0 Å². The molecule has 0 fully saturated rings. The molecule has 0 saturated carbocycles. The van der Waals surface area contributed by atoms with Crippen LogP contribution in [0, 0.1) is 0 Å². The molecule has 0 aliphatic carbocycles. The van der Waals surface area contributed by atoms with Crippen molar-refractivity contribution in [3.63, 3.8) is 0 Å².